The van der Waals surface area contributed by atoms with E-state index in [1.165, 1.54) is 0 Å². The minimum Gasteiger partial charge on any atom is -0.390 e. The third-order valence-corrected chi connectivity index (χ3v) is 4.61. The van der Waals surface area contributed by atoms with E-state index < -0.39 is 0 Å². The number of aliphatic hydroxyl groups excluding tert-OH is 1. The molecular weight excluding hydrogens is 294 g/mol. The molecule has 1 fully saturated rings. The molecule has 2 atom stereocenters. The van der Waals surface area contributed by atoms with Crippen LogP contribution in [0.2, 0.25) is 0 Å². The highest BCUT2D eigenvalue weighted by atomic mass is 16.5. The number of aliphatic hydroxyl groups is 1. The molecule has 7 nitrogen and oxygen atoms in total. The van der Waals surface area contributed by atoms with Crippen LogP contribution in [0.15, 0.2) is 0 Å². The number of ether oxygens (including phenoxy) is 1. The molecule has 0 amide bonds. The number of aromatic nitrogens is 3. The number of aryl methyl sites for hydroxylation is 1. The molecule has 1 aromatic rings. The maximum atomic E-state index is 10.2. The SMILES string of the molecule is CC(C)c1nc2n(n1)C[C@H](NC[C@@H](O)CN1CCOCC1)CC2. The maximum absolute atomic E-state index is 10.2. The number of rotatable bonds is 6. The smallest absolute Gasteiger partial charge is 0.153 e. The highest BCUT2D eigenvalue weighted by Crippen LogP contribution is 2.16. The number of nitrogens with one attached hydrogen (secondary N) is 1. The van der Waals surface area contributed by atoms with E-state index in [2.05, 4.69) is 34.1 Å². The van der Waals surface area contributed by atoms with Crippen molar-refractivity contribution < 1.29 is 9.84 Å². The van der Waals surface area contributed by atoms with Crippen LogP contribution < -0.4 is 5.32 Å². The Morgan fingerprint density at radius 1 is 1.35 bits per heavy atom. The van der Waals surface area contributed by atoms with Crippen LogP contribution in [0.1, 0.15) is 37.8 Å². The third-order valence-electron chi connectivity index (χ3n) is 4.61. The maximum Gasteiger partial charge on any atom is 0.153 e. The molecule has 3 heterocycles. The molecule has 0 bridgehead atoms. The molecule has 2 aliphatic rings. The van der Waals surface area contributed by atoms with Gasteiger partial charge in [0.15, 0.2) is 5.82 Å². The predicted molar refractivity (Wildman–Crippen MR) is 87.5 cm³/mol. The zero-order valence-electron chi connectivity index (χ0n) is 14.2. The standard InChI is InChI=1S/C16H29N5O2/c1-12(2)16-18-15-4-3-13(10-21(15)19-16)17-9-14(22)11-20-5-7-23-8-6-20/h12-14,17,22H,3-11H2,1-2H3/t13-,14-/m1/s1. The lowest BCUT2D eigenvalue weighted by Gasteiger charge is -2.30. The monoisotopic (exact) mass is 323 g/mol. The molecule has 0 spiro atoms. The van der Waals surface area contributed by atoms with Gasteiger partial charge >= 0.3 is 0 Å². The lowest BCUT2D eigenvalue weighted by atomic mass is 10.1. The summed E-state index contributed by atoms with van der Waals surface area (Å²) in [5, 5.41) is 18.3. The lowest BCUT2D eigenvalue weighted by Crippen LogP contribution is -2.46. The van der Waals surface area contributed by atoms with Crippen LogP contribution >= 0.6 is 0 Å². The van der Waals surface area contributed by atoms with Crippen LogP contribution in [-0.4, -0.2) is 76.3 Å². The molecule has 2 N–H and O–H groups in total. The average Bonchev–Trinajstić information content (AvgIpc) is 2.97. The van der Waals surface area contributed by atoms with Crippen molar-refractivity contribution >= 4 is 0 Å². The summed E-state index contributed by atoms with van der Waals surface area (Å²) in [6.45, 7) is 9.82. The zero-order chi connectivity index (χ0) is 16.2. The Balaban J connectivity index is 1.43. The van der Waals surface area contributed by atoms with Gasteiger partial charge in [-0.15, -0.1) is 0 Å². The summed E-state index contributed by atoms with van der Waals surface area (Å²) < 4.78 is 7.37. The molecule has 1 saturated heterocycles. The molecule has 7 heteroatoms. The molecular formula is C16H29N5O2. The van der Waals surface area contributed by atoms with Crippen molar-refractivity contribution in [2.45, 2.75) is 51.3 Å². The van der Waals surface area contributed by atoms with E-state index in [4.69, 9.17) is 4.74 Å². The fourth-order valence-electron chi connectivity index (χ4n) is 3.19. The van der Waals surface area contributed by atoms with Gasteiger partial charge in [-0.2, -0.15) is 5.10 Å². The summed E-state index contributed by atoms with van der Waals surface area (Å²) in [6, 6.07) is 0.364. The number of fused-ring (bicyclic) bond motifs is 1. The van der Waals surface area contributed by atoms with E-state index in [1.807, 2.05) is 4.68 Å². The lowest BCUT2D eigenvalue weighted by molar-refractivity contribution is 0.0142. The van der Waals surface area contributed by atoms with Gasteiger partial charge in [0.1, 0.15) is 5.82 Å². The van der Waals surface area contributed by atoms with E-state index in [1.54, 1.807) is 0 Å². The second-order valence-electron chi connectivity index (χ2n) is 6.93. The zero-order valence-corrected chi connectivity index (χ0v) is 14.2. The molecule has 0 radical (unpaired) electrons. The van der Waals surface area contributed by atoms with E-state index in [0.717, 1.165) is 63.9 Å². The Bertz CT molecular complexity index is 499. The van der Waals surface area contributed by atoms with Crippen molar-refractivity contribution in [3.63, 3.8) is 0 Å². The first-order chi connectivity index (χ1) is 11.1. The van der Waals surface area contributed by atoms with Gasteiger partial charge in [-0.1, -0.05) is 13.8 Å². The number of nitrogens with zero attached hydrogens (tertiary/aromatic N) is 4. The molecule has 2 aliphatic heterocycles. The van der Waals surface area contributed by atoms with Gasteiger partial charge in [0.2, 0.25) is 0 Å². The minimum absolute atomic E-state index is 0.337. The number of hydrogen-bond donors (Lipinski definition) is 2. The second-order valence-corrected chi connectivity index (χ2v) is 6.93. The molecule has 0 unspecified atom stereocenters. The number of β-amino-alcohol motifs (C(OH)–C–C–N with tert-alkyl or cyclic N) is 1. The van der Waals surface area contributed by atoms with Crippen LogP contribution in [0.3, 0.4) is 0 Å². The molecule has 130 valence electrons. The first kappa shape index (κ1) is 16.8. The molecule has 23 heavy (non-hydrogen) atoms. The van der Waals surface area contributed by atoms with Crippen LogP contribution in [-0.2, 0) is 17.7 Å². The minimum atomic E-state index is -0.337. The first-order valence-corrected chi connectivity index (χ1v) is 8.77. The van der Waals surface area contributed by atoms with Gasteiger partial charge in [0.25, 0.3) is 0 Å². The second kappa shape index (κ2) is 7.70. The van der Waals surface area contributed by atoms with Crippen molar-refractivity contribution in [2.24, 2.45) is 0 Å². The number of morpholine rings is 1. The summed E-state index contributed by atoms with van der Waals surface area (Å²) >= 11 is 0. The van der Waals surface area contributed by atoms with E-state index >= 15 is 0 Å². The van der Waals surface area contributed by atoms with Gasteiger partial charge in [0.05, 0.1) is 25.9 Å². The Morgan fingerprint density at radius 2 is 2.13 bits per heavy atom. The summed E-state index contributed by atoms with van der Waals surface area (Å²) in [7, 11) is 0. The fourth-order valence-corrected chi connectivity index (χ4v) is 3.19. The van der Waals surface area contributed by atoms with Crippen LogP contribution in [0.4, 0.5) is 0 Å². The molecule has 3 rings (SSSR count). The third kappa shape index (κ3) is 4.50. The molecule has 0 saturated carbocycles. The molecule has 0 aliphatic carbocycles. The summed E-state index contributed by atoms with van der Waals surface area (Å²) in [4.78, 5) is 6.88. The van der Waals surface area contributed by atoms with Crippen LogP contribution in [0, 0.1) is 0 Å². The van der Waals surface area contributed by atoms with Crippen molar-refractivity contribution in [2.75, 3.05) is 39.4 Å². The Kier molecular flexibility index (Phi) is 5.63. The fraction of sp³-hybridized carbons (Fsp3) is 0.875. The topological polar surface area (TPSA) is 75.4 Å². The van der Waals surface area contributed by atoms with Crippen molar-refractivity contribution in [1.82, 2.24) is 25.0 Å². The summed E-state index contributed by atoms with van der Waals surface area (Å²) in [5.74, 6) is 2.41. The highest BCUT2D eigenvalue weighted by Gasteiger charge is 2.23. The number of hydrogen-bond acceptors (Lipinski definition) is 6. The van der Waals surface area contributed by atoms with Crippen LogP contribution in [0.5, 0.6) is 0 Å². The Morgan fingerprint density at radius 3 is 2.87 bits per heavy atom. The molecule has 1 aromatic heterocycles. The van der Waals surface area contributed by atoms with Gasteiger partial charge in [-0.25, -0.2) is 9.67 Å². The highest BCUT2D eigenvalue weighted by molar-refractivity contribution is 5.01. The van der Waals surface area contributed by atoms with E-state index in [9.17, 15) is 5.11 Å². The summed E-state index contributed by atoms with van der Waals surface area (Å²) in [5.41, 5.74) is 0. The normalized spacial score (nSPS) is 23.9. The van der Waals surface area contributed by atoms with Gasteiger partial charge in [-0.05, 0) is 6.42 Å². The Hall–Kier alpha value is -1.02. The van der Waals surface area contributed by atoms with Gasteiger partial charge in [0, 0.05) is 44.6 Å². The van der Waals surface area contributed by atoms with Crippen molar-refractivity contribution in [1.29, 1.82) is 0 Å². The van der Waals surface area contributed by atoms with Gasteiger partial charge < -0.3 is 15.2 Å². The van der Waals surface area contributed by atoms with Gasteiger partial charge in [-0.3, -0.25) is 4.90 Å². The quantitative estimate of drug-likeness (QED) is 0.767. The summed E-state index contributed by atoms with van der Waals surface area (Å²) in [6.07, 6.45) is 1.67. The Labute approximate surface area is 138 Å². The molecule has 0 aromatic carbocycles. The predicted octanol–water partition coefficient (Wildman–Crippen LogP) is -0.001000. The van der Waals surface area contributed by atoms with Crippen LogP contribution in [0.25, 0.3) is 0 Å². The van der Waals surface area contributed by atoms with E-state index in [0.29, 0.717) is 18.5 Å². The van der Waals surface area contributed by atoms with E-state index in [-0.39, 0.29) is 6.10 Å². The average molecular weight is 323 g/mol. The first-order valence-electron chi connectivity index (χ1n) is 8.77. The largest absolute Gasteiger partial charge is 0.390 e. The van der Waals surface area contributed by atoms with Crippen molar-refractivity contribution in [3.05, 3.63) is 11.6 Å². The van der Waals surface area contributed by atoms with Crippen molar-refractivity contribution in [3.8, 4) is 0 Å².